The van der Waals surface area contributed by atoms with Gasteiger partial charge in [0.2, 0.25) is 6.71 Å². The Kier molecular flexibility index (Phi) is 7.52. The lowest BCUT2D eigenvalue weighted by atomic mass is 9.35. The molecule has 0 nitrogen and oxygen atoms in total. The molecule has 164 valence electrons. The molecule has 0 radical (unpaired) electrons. The lowest BCUT2D eigenvalue weighted by Gasteiger charge is -2.38. The SMILES string of the molecule is CC[Si](C)(C)/C(=C(\B(c1ccccc1)c1ccccc1)c1ccccc1)C1CCCCC1. The summed E-state index contributed by atoms with van der Waals surface area (Å²) >= 11 is 0. The fraction of sp³-hybridized carbons (Fsp3) is 0.333. The standard InChI is InChI=1S/C30H37BSi/c1-4-32(2,3)30(26-19-11-6-12-20-26)29(25-17-9-5-10-18-25)31(27-21-13-7-14-22-27)28-23-15-8-16-24-28/h5,7-10,13-18,21-24,26H,4,6,11-12,19-20H2,1-3H3/b30-29-. The summed E-state index contributed by atoms with van der Waals surface area (Å²) in [5.41, 5.74) is 5.84. The topological polar surface area (TPSA) is 0 Å². The third-order valence-electron chi connectivity index (χ3n) is 7.56. The summed E-state index contributed by atoms with van der Waals surface area (Å²) in [6.45, 7) is 7.94. The minimum absolute atomic E-state index is 0.273. The number of allylic oxidation sites excluding steroid dienone is 1. The highest BCUT2D eigenvalue weighted by Gasteiger charge is 2.37. The second-order valence-corrected chi connectivity index (χ2v) is 15.0. The van der Waals surface area contributed by atoms with Gasteiger partial charge in [0.1, 0.15) is 0 Å². The van der Waals surface area contributed by atoms with Gasteiger partial charge in [0, 0.05) is 0 Å². The maximum Gasteiger partial charge on any atom is 0.241 e. The van der Waals surface area contributed by atoms with Crippen LogP contribution in [-0.2, 0) is 0 Å². The Labute approximate surface area is 196 Å². The van der Waals surface area contributed by atoms with Crippen LogP contribution in [0.1, 0.15) is 44.6 Å². The van der Waals surface area contributed by atoms with Gasteiger partial charge in [-0.2, -0.15) is 0 Å². The lowest BCUT2D eigenvalue weighted by molar-refractivity contribution is 0.412. The predicted molar refractivity (Wildman–Crippen MR) is 146 cm³/mol. The van der Waals surface area contributed by atoms with Gasteiger partial charge in [-0.1, -0.05) is 158 Å². The molecular formula is C30H37BSi. The third-order valence-corrected chi connectivity index (χ3v) is 11.5. The summed E-state index contributed by atoms with van der Waals surface area (Å²) in [6, 6.07) is 35.1. The van der Waals surface area contributed by atoms with Gasteiger partial charge in [-0.05, 0) is 24.3 Å². The van der Waals surface area contributed by atoms with Crippen molar-refractivity contribution in [3.05, 3.63) is 102 Å². The Morgan fingerprint density at radius 2 is 1.19 bits per heavy atom. The molecule has 0 N–H and O–H groups in total. The number of hydrogen-bond acceptors (Lipinski definition) is 0. The molecule has 0 bridgehead atoms. The van der Waals surface area contributed by atoms with E-state index in [-0.39, 0.29) is 6.71 Å². The summed E-state index contributed by atoms with van der Waals surface area (Å²) in [4.78, 5) is 0. The van der Waals surface area contributed by atoms with Gasteiger partial charge in [-0.15, -0.1) is 0 Å². The molecule has 0 aromatic heterocycles. The van der Waals surface area contributed by atoms with E-state index in [1.54, 1.807) is 5.47 Å². The summed E-state index contributed by atoms with van der Waals surface area (Å²) in [6.07, 6.45) is 6.88. The first-order chi connectivity index (χ1) is 15.6. The van der Waals surface area contributed by atoms with Crippen molar-refractivity contribution in [3.8, 4) is 0 Å². The molecule has 1 saturated carbocycles. The highest BCUT2D eigenvalue weighted by atomic mass is 28.3. The summed E-state index contributed by atoms with van der Waals surface area (Å²) in [5, 5.41) is 1.84. The van der Waals surface area contributed by atoms with Crippen LogP contribution in [0.4, 0.5) is 0 Å². The van der Waals surface area contributed by atoms with Gasteiger partial charge in [0.25, 0.3) is 0 Å². The zero-order chi connectivity index (χ0) is 22.4. The Balaban J connectivity index is 2.05. The van der Waals surface area contributed by atoms with Crippen LogP contribution in [0, 0.1) is 5.92 Å². The molecule has 0 unspecified atom stereocenters. The number of hydrogen-bond donors (Lipinski definition) is 0. The van der Waals surface area contributed by atoms with Crippen LogP contribution in [0.5, 0.6) is 0 Å². The van der Waals surface area contributed by atoms with E-state index in [2.05, 4.69) is 111 Å². The van der Waals surface area contributed by atoms with Crippen molar-refractivity contribution in [1.82, 2.24) is 0 Å². The van der Waals surface area contributed by atoms with E-state index in [0.717, 1.165) is 5.92 Å². The van der Waals surface area contributed by atoms with E-state index >= 15 is 0 Å². The van der Waals surface area contributed by atoms with Crippen LogP contribution in [-0.4, -0.2) is 14.8 Å². The second-order valence-electron chi connectivity index (χ2n) is 10.0. The summed E-state index contributed by atoms with van der Waals surface area (Å²) in [7, 11) is -1.59. The monoisotopic (exact) mass is 436 g/mol. The van der Waals surface area contributed by atoms with Crippen LogP contribution in [0.25, 0.3) is 5.47 Å². The number of rotatable bonds is 7. The molecule has 0 saturated heterocycles. The zero-order valence-corrected chi connectivity index (χ0v) is 21.1. The van der Waals surface area contributed by atoms with E-state index < -0.39 is 8.07 Å². The Bertz CT molecular complexity index is 963. The predicted octanol–water partition coefficient (Wildman–Crippen LogP) is 7.14. The average molecular weight is 437 g/mol. The second kappa shape index (κ2) is 10.5. The van der Waals surface area contributed by atoms with Gasteiger partial charge < -0.3 is 0 Å². The van der Waals surface area contributed by atoms with E-state index in [9.17, 15) is 0 Å². The highest BCUT2D eigenvalue weighted by molar-refractivity contribution is 7.02. The van der Waals surface area contributed by atoms with Crippen LogP contribution in [0.2, 0.25) is 19.1 Å². The molecule has 0 atom stereocenters. The van der Waals surface area contributed by atoms with Gasteiger partial charge in [0.05, 0.1) is 8.07 Å². The van der Waals surface area contributed by atoms with Crippen molar-refractivity contribution < 1.29 is 0 Å². The maximum atomic E-state index is 2.62. The zero-order valence-electron chi connectivity index (χ0n) is 20.1. The Hall–Kier alpha value is -2.32. The largest absolute Gasteiger partial charge is 0.241 e. The van der Waals surface area contributed by atoms with Gasteiger partial charge in [-0.25, -0.2) is 0 Å². The van der Waals surface area contributed by atoms with Crippen molar-refractivity contribution in [2.75, 3.05) is 0 Å². The molecule has 3 aromatic rings. The first-order valence-electron chi connectivity index (χ1n) is 12.5. The molecule has 0 amide bonds. The minimum atomic E-state index is -1.59. The average Bonchev–Trinajstić information content (AvgIpc) is 2.86. The molecule has 0 aliphatic heterocycles. The third kappa shape index (κ3) is 5.02. The molecule has 2 heteroatoms. The molecule has 4 rings (SSSR count). The molecule has 3 aromatic carbocycles. The summed E-state index contributed by atoms with van der Waals surface area (Å²) < 4.78 is 0. The molecule has 1 aliphatic carbocycles. The van der Waals surface area contributed by atoms with E-state index in [4.69, 9.17) is 0 Å². The molecule has 0 spiro atoms. The Morgan fingerprint density at radius 1 is 0.719 bits per heavy atom. The van der Waals surface area contributed by atoms with Crippen molar-refractivity contribution in [1.29, 1.82) is 0 Å². The van der Waals surface area contributed by atoms with Crippen LogP contribution in [0.3, 0.4) is 0 Å². The van der Waals surface area contributed by atoms with Crippen LogP contribution in [0.15, 0.2) is 96.2 Å². The maximum absolute atomic E-state index is 2.62. The molecule has 0 heterocycles. The molecule has 1 aliphatic rings. The quantitative estimate of drug-likeness (QED) is 0.346. The van der Waals surface area contributed by atoms with Crippen molar-refractivity contribution in [3.63, 3.8) is 0 Å². The molecule has 1 fully saturated rings. The lowest BCUT2D eigenvalue weighted by Crippen LogP contribution is -2.47. The Morgan fingerprint density at radius 3 is 1.66 bits per heavy atom. The first kappa shape index (κ1) is 22.9. The molecule has 32 heavy (non-hydrogen) atoms. The molecular weight excluding hydrogens is 399 g/mol. The fourth-order valence-corrected chi connectivity index (χ4v) is 8.42. The van der Waals surface area contributed by atoms with Crippen molar-refractivity contribution in [2.45, 2.75) is 58.2 Å². The van der Waals surface area contributed by atoms with Crippen molar-refractivity contribution >= 4 is 31.2 Å². The normalized spacial score (nSPS) is 15.8. The van der Waals surface area contributed by atoms with Gasteiger partial charge >= 0.3 is 0 Å². The van der Waals surface area contributed by atoms with Crippen molar-refractivity contribution in [2.24, 2.45) is 5.92 Å². The highest BCUT2D eigenvalue weighted by Crippen LogP contribution is 2.41. The van der Waals surface area contributed by atoms with Gasteiger partial charge in [-0.3, -0.25) is 0 Å². The fourth-order valence-electron chi connectivity index (χ4n) is 5.63. The summed E-state index contributed by atoms with van der Waals surface area (Å²) in [5.74, 6) is 0.732. The van der Waals surface area contributed by atoms with E-state index in [0.29, 0.717) is 0 Å². The van der Waals surface area contributed by atoms with E-state index in [1.165, 1.54) is 54.6 Å². The van der Waals surface area contributed by atoms with E-state index in [1.807, 2.05) is 5.20 Å². The number of benzene rings is 3. The smallest absolute Gasteiger partial charge is 0.0817 e. The van der Waals surface area contributed by atoms with Crippen LogP contribution < -0.4 is 10.9 Å². The first-order valence-corrected chi connectivity index (χ1v) is 15.7. The minimum Gasteiger partial charge on any atom is -0.0817 e. The van der Waals surface area contributed by atoms with Gasteiger partial charge in [0.15, 0.2) is 0 Å². The van der Waals surface area contributed by atoms with Crippen LogP contribution >= 0.6 is 0 Å².